The zero-order valence-electron chi connectivity index (χ0n) is 12.3. The summed E-state index contributed by atoms with van der Waals surface area (Å²) < 4.78 is 0. The molecule has 0 bridgehead atoms. The Morgan fingerprint density at radius 1 is 1.00 bits per heavy atom. The Hall–Kier alpha value is -0.730. The highest BCUT2D eigenvalue weighted by atomic mass is 35.5. The minimum Gasteiger partial charge on any atom is -0.382 e. The predicted octanol–water partition coefficient (Wildman–Crippen LogP) is 4.09. The van der Waals surface area contributed by atoms with Crippen molar-refractivity contribution in [2.75, 3.05) is 5.32 Å². The lowest BCUT2D eigenvalue weighted by Gasteiger charge is -2.28. The standard InChI is InChI=1S/C16H26N2.ClH/c1-16(2,3)12-4-8-14(9-5-12)18-15-10-6-13(17)7-11-15;/h4-5,8-9,13,15,18H,6-7,10-11,17H2,1-3H3;1H. The van der Waals surface area contributed by atoms with Crippen molar-refractivity contribution in [1.82, 2.24) is 0 Å². The van der Waals surface area contributed by atoms with Gasteiger partial charge in [0.15, 0.2) is 0 Å². The first kappa shape index (κ1) is 16.3. The van der Waals surface area contributed by atoms with Crippen LogP contribution in [0, 0.1) is 0 Å². The maximum absolute atomic E-state index is 5.93. The summed E-state index contributed by atoms with van der Waals surface area (Å²) in [5, 5.41) is 3.62. The average molecular weight is 283 g/mol. The van der Waals surface area contributed by atoms with E-state index in [9.17, 15) is 0 Å². The molecule has 108 valence electrons. The molecule has 0 radical (unpaired) electrons. The molecule has 1 aromatic rings. The molecule has 19 heavy (non-hydrogen) atoms. The topological polar surface area (TPSA) is 38.0 Å². The normalized spacial score (nSPS) is 23.6. The quantitative estimate of drug-likeness (QED) is 0.857. The van der Waals surface area contributed by atoms with Crippen molar-refractivity contribution in [2.24, 2.45) is 5.73 Å². The van der Waals surface area contributed by atoms with E-state index in [-0.39, 0.29) is 17.8 Å². The highest BCUT2D eigenvalue weighted by molar-refractivity contribution is 5.85. The van der Waals surface area contributed by atoms with Gasteiger partial charge in [-0.1, -0.05) is 32.9 Å². The summed E-state index contributed by atoms with van der Waals surface area (Å²) in [4.78, 5) is 0. The molecule has 0 saturated heterocycles. The molecule has 1 saturated carbocycles. The number of nitrogens with two attached hydrogens (primary N) is 1. The van der Waals surface area contributed by atoms with Crippen LogP contribution in [0.2, 0.25) is 0 Å². The molecule has 1 aliphatic carbocycles. The zero-order valence-corrected chi connectivity index (χ0v) is 13.1. The van der Waals surface area contributed by atoms with Crippen LogP contribution >= 0.6 is 12.4 Å². The Morgan fingerprint density at radius 3 is 2.00 bits per heavy atom. The molecule has 0 spiro atoms. The lowest BCUT2D eigenvalue weighted by molar-refractivity contribution is 0.411. The van der Waals surface area contributed by atoms with Gasteiger partial charge in [0.1, 0.15) is 0 Å². The fraction of sp³-hybridized carbons (Fsp3) is 0.625. The van der Waals surface area contributed by atoms with Crippen LogP contribution in [0.3, 0.4) is 0 Å². The van der Waals surface area contributed by atoms with Gasteiger partial charge < -0.3 is 11.1 Å². The second-order valence-electron chi connectivity index (χ2n) is 6.58. The fourth-order valence-corrected chi connectivity index (χ4v) is 2.57. The maximum atomic E-state index is 5.93. The Balaban J connectivity index is 0.00000180. The number of anilines is 1. The molecule has 3 heteroatoms. The Bertz CT molecular complexity index is 373. The lowest BCUT2D eigenvalue weighted by Crippen LogP contribution is -2.32. The zero-order chi connectivity index (χ0) is 13.2. The second kappa shape index (κ2) is 6.62. The Morgan fingerprint density at radius 2 is 1.53 bits per heavy atom. The van der Waals surface area contributed by atoms with Crippen molar-refractivity contribution in [3.63, 3.8) is 0 Å². The van der Waals surface area contributed by atoms with Gasteiger partial charge in [0, 0.05) is 17.8 Å². The molecule has 2 nitrogen and oxygen atoms in total. The first-order valence-electron chi connectivity index (χ1n) is 7.08. The third-order valence-corrected chi connectivity index (χ3v) is 3.89. The monoisotopic (exact) mass is 282 g/mol. The Kier molecular flexibility index (Phi) is 5.69. The van der Waals surface area contributed by atoms with Crippen LogP contribution in [-0.4, -0.2) is 12.1 Å². The van der Waals surface area contributed by atoms with Gasteiger partial charge >= 0.3 is 0 Å². The molecule has 3 N–H and O–H groups in total. The van der Waals surface area contributed by atoms with Crippen molar-refractivity contribution in [1.29, 1.82) is 0 Å². The van der Waals surface area contributed by atoms with Crippen LogP contribution in [-0.2, 0) is 5.41 Å². The first-order chi connectivity index (χ1) is 8.45. The Labute approximate surface area is 123 Å². The van der Waals surface area contributed by atoms with E-state index >= 15 is 0 Å². The van der Waals surface area contributed by atoms with Gasteiger partial charge in [0.2, 0.25) is 0 Å². The highest BCUT2D eigenvalue weighted by Crippen LogP contribution is 2.25. The number of benzene rings is 1. The molecular weight excluding hydrogens is 256 g/mol. The van der Waals surface area contributed by atoms with Crippen LogP contribution < -0.4 is 11.1 Å². The van der Waals surface area contributed by atoms with Gasteiger partial charge in [-0.3, -0.25) is 0 Å². The molecule has 0 amide bonds. The van der Waals surface area contributed by atoms with E-state index in [1.54, 1.807) is 0 Å². The number of rotatable bonds is 2. The third kappa shape index (κ3) is 4.70. The average Bonchev–Trinajstić information content (AvgIpc) is 2.32. The van der Waals surface area contributed by atoms with Gasteiger partial charge in [-0.15, -0.1) is 12.4 Å². The third-order valence-electron chi connectivity index (χ3n) is 3.89. The van der Waals surface area contributed by atoms with Crippen molar-refractivity contribution >= 4 is 18.1 Å². The summed E-state index contributed by atoms with van der Waals surface area (Å²) in [5.41, 5.74) is 8.79. The molecule has 0 heterocycles. The number of hydrogen-bond acceptors (Lipinski definition) is 2. The van der Waals surface area contributed by atoms with Gasteiger partial charge in [-0.2, -0.15) is 0 Å². The van der Waals surface area contributed by atoms with Crippen LogP contribution in [0.15, 0.2) is 24.3 Å². The maximum Gasteiger partial charge on any atom is 0.0342 e. The van der Waals surface area contributed by atoms with Gasteiger partial charge in [-0.05, 0) is 48.8 Å². The summed E-state index contributed by atoms with van der Waals surface area (Å²) in [5.74, 6) is 0. The van der Waals surface area contributed by atoms with E-state index in [1.165, 1.54) is 24.1 Å². The van der Waals surface area contributed by atoms with E-state index in [0.29, 0.717) is 12.1 Å². The minimum atomic E-state index is 0. The molecule has 0 aliphatic heterocycles. The van der Waals surface area contributed by atoms with Crippen molar-refractivity contribution in [2.45, 2.75) is 64.0 Å². The number of halogens is 1. The summed E-state index contributed by atoms with van der Waals surface area (Å²) in [7, 11) is 0. The van der Waals surface area contributed by atoms with E-state index < -0.39 is 0 Å². The smallest absolute Gasteiger partial charge is 0.0342 e. The predicted molar refractivity (Wildman–Crippen MR) is 86.2 cm³/mol. The van der Waals surface area contributed by atoms with Crippen molar-refractivity contribution in [3.05, 3.63) is 29.8 Å². The van der Waals surface area contributed by atoms with Crippen LogP contribution in [0.25, 0.3) is 0 Å². The number of nitrogens with one attached hydrogen (secondary N) is 1. The van der Waals surface area contributed by atoms with E-state index in [2.05, 4.69) is 50.4 Å². The largest absolute Gasteiger partial charge is 0.382 e. The highest BCUT2D eigenvalue weighted by Gasteiger charge is 2.18. The molecule has 1 aliphatic rings. The molecule has 0 aromatic heterocycles. The van der Waals surface area contributed by atoms with Crippen molar-refractivity contribution < 1.29 is 0 Å². The van der Waals surface area contributed by atoms with E-state index in [4.69, 9.17) is 5.73 Å². The van der Waals surface area contributed by atoms with Gasteiger partial charge in [0.25, 0.3) is 0 Å². The van der Waals surface area contributed by atoms with Gasteiger partial charge in [-0.25, -0.2) is 0 Å². The number of hydrogen-bond donors (Lipinski definition) is 2. The molecule has 1 fully saturated rings. The molecule has 1 aromatic carbocycles. The molecule has 0 unspecified atom stereocenters. The van der Waals surface area contributed by atoms with Crippen LogP contribution in [0.4, 0.5) is 5.69 Å². The summed E-state index contributed by atoms with van der Waals surface area (Å²) in [6.07, 6.45) is 4.69. The summed E-state index contributed by atoms with van der Waals surface area (Å²) in [6.45, 7) is 6.74. The minimum absolute atomic E-state index is 0. The molecule has 2 rings (SSSR count). The molecule has 0 atom stereocenters. The van der Waals surface area contributed by atoms with Gasteiger partial charge in [0.05, 0.1) is 0 Å². The summed E-state index contributed by atoms with van der Waals surface area (Å²) >= 11 is 0. The summed E-state index contributed by atoms with van der Waals surface area (Å²) in [6, 6.07) is 9.90. The second-order valence-corrected chi connectivity index (χ2v) is 6.58. The van der Waals surface area contributed by atoms with Crippen LogP contribution in [0.1, 0.15) is 52.0 Å². The van der Waals surface area contributed by atoms with E-state index in [1.807, 2.05) is 0 Å². The molecular formula is C16H27ClN2. The first-order valence-corrected chi connectivity index (χ1v) is 7.08. The van der Waals surface area contributed by atoms with Crippen molar-refractivity contribution in [3.8, 4) is 0 Å². The van der Waals surface area contributed by atoms with E-state index in [0.717, 1.165) is 12.8 Å². The lowest BCUT2D eigenvalue weighted by atomic mass is 9.87. The van der Waals surface area contributed by atoms with Crippen LogP contribution in [0.5, 0.6) is 0 Å². The SMILES string of the molecule is CC(C)(C)c1ccc(NC2CCC(N)CC2)cc1.Cl. The fourth-order valence-electron chi connectivity index (χ4n) is 2.57.